The van der Waals surface area contributed by atoms with Gasteiger partial charge in [-0.2, -0.15) is 0 Å². The third-order valence-corrected chi connectivity index (χ3v) is 4.04. The lowest BCUT2D eigenvalue weighted by molar-refractivity contribution is -0.126. The molecule has 124 valence electrons. The number of amides is 2. The minimum atomic E-state index is -0.356. The van der Waals surface area contributed by atoms with Gasteiger partial charge in [-0.05, 0) is 31.2 Å². The van der Waals surface area contributed by atoms with Crippen LogP contribution in [0.25, 0.3) is 0 Å². The topological polar surface area (TPSA) is 52.7 Å². The molecule has 1 aromatic rings. The van der Waals surface area contributed by atoms with Gasteiger partial charge in [0.05, 0.1) is 6.04 Å². The van der Waals surface area contributed by atoms with E-state index in [-0.39, 0.29) is 23.7 Å². The summed E-state index contributed by atoms with van der Waals surface area (Å²) < 4.78 is 12.9. The van der Waals surface area contributed by atoms with Crippen molar-refractivity contribution < 1.29 is 14.0 Å². The molecule has 2 rings (SSSR count). The van der Waals surface area contributed by atoms with Crippen LogP contribution in [0.15, 0.2) is 36.9 Å². The number of carbonyl (C=O) groups excluding carboxylic acids is 2. The lowest BCUT2D eigenvalue weighted by Crippen LogP contribution is -2.55. The van der Waals surface area contributed by atoms with Crippen molar-refractivity contribution >= 4 is 11.8 Å². The normalized spacial score (nSPS) is 16.7. The summed E-state index contributed by atoms with van der Waals surface area (Å²) >= 11 is 0. The zero-order chi connectivity index (χ0) is 16.8. The summed E-state index contributed by atoms with van der Waals surface area (Å²) in [6, 6.07) is 5.33. The minimum Gasteiger partial charge on any atom is -0.351 e. The highest BCUT2D eigenvalue weighted by molar-refractivity contribution is 5.94. The van der Waals surface area contributed by atoms with E-state index in [4.69, 9.17) is 0 Å². The van der Waals surface area contributed by atoms with Crippen molar-refractivity contribution in [3.8, 4) is 0 Å². The first kappa shape index (κ1) is 17.1. The van der Waals surface area contributed by atoms with Crippen LogP contribution in [-0.4, -0.2) is 60.4 Å². The van der Waals surface area contributed by atoms with E-state index in [0.717, 1.165) is 0 Å². The van der Waals surface area contributed by atoms with Crippen LogP contribution in [0.3, 0.4) is 0 Å². The third kappa shape index (κ3) is 4.39. The SMILES string of the molecule is C=CCNC(=O)C(C)N1CCN(C(=O)c2ccc(F)cc2)CC1. The van der Waals surface area contributed by atoms with Gasteiger partial charge in [-0.15, -0.1) is 6.58 Å². The van der Waals surface area contributed by atoms with Crippen LogP contribution in [-0.2, 0) is 4.79 Å². The summed E-state index contributed by atoms with van der Waals surface area (Å²) in [6.45, 7) is 8.25. The van der Waals surface area contributed by atoms with Gasteiger partial charge in [0.25, 0.3) is 5.91 Å². The first-order valence-corrected chi connectivity index (χ1v) is 7.70. The standard InChI is InChI=1S/C17H22FN3O2/c1-3-8-19-16(22)13(2)20-9-11-21(12-10-20)17(23)14-4-6-15(18)7-5-14/h3-7,13H,1,8-12H2,2H3,(H,19,22). The molecule has 0 saturated carbocycles. The van der Waals surface area contributed by atoms with Crippen LogP contribution in [0, 0.1) is 5.82 Å². The first-order chi connectivity index (χ1) is 11.0. The summed E-state index contributed by atoms with van der Waals surface area (Å²) in [6.07, 6.45) is 1.64. The maximum Gasteiger partial charge on any atom is 0.253 e. The smallest absolute Gasteiger partial charge is 0.253 e. The van der Waals surface area contributed by atoms with Gasteiger partial charge in [-0.25, -0.2) is 4.39 Å². The molecule has 1 aliphatic rings. The van der Waals surface area contributed by atoms with Gasteiger partial charge in [0, 0.05) is 38.3 Å². The Balaban J connectivity index is 1.88. The third-order valence-electron chi connectivity index (χ3n) is 4.04. The molecule has 1 aliphatic heterocycles. The van der Waals surface area contributed by atoms with Gasteiger partial charge >= 0.3 is 0 Å². The predicted molar refractivity (Wildman–Crippen MR) is 86.5 cm³/mol. The van der Waals surface area contributed by atoms with E-state index in [1.54, 1.807) is 11.0 Å². The molecule has 1 saturated heterocycles. The molecule has 0 spiro atoms. The summed E-state index contributed by atoms with van der Waals surface area (Å²) in [5.74, 6) is -0.498. The van der Waals surface area contributed by atoms with E-state index >= 15 is 0 Å². The molecule has 2 amide bonds. The van der Waals surface area contributed by atoms with Gasteiger partial charge in [-0.1, -0.05) is 6.08 Å². The first-order valence-electron chi connectivity index (χ1n) is 7.70. The van der Waals surface area contributed by atoms with Gasteiger partial charge in [0.2, 0.25) is 5.91 Å². The quantitative estimate of drug-likeness (QED) is 0.832. The molecular weight excluding hydrogens is 297 g/mol. The highest BCUT2D eigenvalue weighted by Crippen LogP contribution is 2.11. The molecule has 1 N–H and O–H groups in total. The number of carbonyl (C=O) groups is 2. The Labute approximate surface area is 135 Å². The van der Waals surface area contributed by atoms with Crippen molar-refractivity contribution in [2.45, 2.75) is 13.0 Å². The number of nitrogens with one attached hydrogen (secondary N) is 1. The molecule has 23 heavy (non-hydrogen) atoms. The molecule has 1 fully saturated rings. The van der Waals surface area contributed by atoms with Crippen molar-refractivity contribution in [3.05, 3.63) is 48.3 Å². The maximum atomic E-state index is 12.9. The minimum absolute atomic E-state index is 0.0387. The molecule has 1 atom stereocenters. The van der Waals surface area contributed by atoms with E-state index in [1.165, 1.54) is 24.3 Å². The largest absolute Gasteiger partial charge is 0.351 e. The van der Waals surface area contributed by atoms with Crippen molar-refractivity contribution in [2.24, 2.45) is 0 Å². The molecule has 1 heterocycles. The average Bonchev–Trinajstić information content (AvgIpc) is 2.59. The Hall–Kier alpha value is -2.21. The van der Waals surface area contributed by atoms with Crippen LogP contribution in [0.1, 0.15) is 17.3 Å². The summed E-state index contributed by atoms with van der Waals surface area (Å²) in [5.41, 5.74) is 0.483. The number of benzene rings is 1. The fraction of sp³-hybridized carbons (Fsp3) is 0.412. The van der Waals surface area contributed by atoms with E-state index < -0.39 is 0 Å². The Morgan fingerprint density at radius 2 is 1.87 bits per heavy atom. The molecular formula is C17H22FN3O2. The number of piperazine rings is 1. The number of hydrogen-bond donors (Lipinski definition) is 1. The fourth-order valence-corrected chi connectivity index (χ4v) is 2.57. The second kappa shape index (κ2) is 7.87. The Morgan fingerprint density at radius 3 is 2.43 bits per heavy atom. The number of halogens is 1. The second-order valence-corrected chi connectivity index (χ2v) is 5.54. The molecule has 5 nitrogen and oxygen atoms in total. The van der Waals surface area contributed by atoms with Crippen LogP contribution in [0.5, 0.6) is 0 Å². The number of nitrogens with zero attached hydrogens (tertiary/aromatic N) is 2. The van der Waals surface area contributed by atoms with E-state index in [2.05, 4.69) is 11.9 Å². The Morgan fingerprint density at radius 1 is 1.26 bits per heavy atom. The Kier molecular flexibility index (Phi) is 5.87. The highest BCUT2D eigenvalue weighted by atomic mass is 19.1. The molecule has 1 aromatic carbocycles. The van der Waals surface area contributed by atoms with E-state index in [1.807, 2.05) is 11.8 Å². The molecule has 1 unspecified atom stereocenters. The monoisotopic (exact) mass is 319 g/mol. The van der Waals surface area contributed by atoms with Crippen LogP contribution >= 0.6 is 0 Å². The van der Waals surface area contributed by atoms with Gasteiger partial charge in [0.1, 0.15) is 5.82 Å². The zero-order valence-electron chi connectivity index (χ0n) is 13.3. The fourth-order valence-electron chi connectivity index (χ4n) is 2.57. The molecule has 0 aromatic heterocycles. The lowest BCUT2D eigenvalue weighted by Gasteiger charge is -2.37. The highest BCUT2D eigenvalue weighted by Gasteiger charge is 2.27. The van der Waals surface area contributed by atoms with E-state index in [9.17, 15) is 14.0 Å². The molecule has 6 heteroatoms. The summed E-state index contributed by atoms with van der Waals surface area (Å²) in [5, 5.41) is 2.78. The van der Waals surface area contributed by atoms with Crippen molar-refractivity contribution in [2.75, 3.05) is 32.7 Å². The van der Waals surface area contributed by atoms with Crippen molar-refractivity contribution in [1.82, 2.24) is 15.1 Å². The zero-order valence-corrected chi connectivity index (χ0v) is 13.3. The summed E-state index contributed by atoms with van der Waals surface area (Å²) in [7, 11) is 0. The molecule has 0 radical (unpaired) electrons. The van der Waals surface area contributed by atoms with Crippen LogP contribution in [0.2, 0.25) is 0 Å². The Bertz CT molecular complexity index is 566. The van der Waals surface area contributed by atoms with Gasteiger partial charge < -0.3 is 10.2 Å². The molecule has 0 aliphatic carbocycles. The van der Waals surface area contributed by atoms with Crippen molar-refractivity contribution in [3.63, 3.8) is 0 Å². The van der Waals surface area contributed by atoms with Crippen LogP contribution < -0.4 is 5.32 Å². The second-order valence-electron chi connectivity index (χ2n) is 5.54. The molecule has 0 bridgehead atoms. The predicted octanol–water partition coefficient (Wildman–Crippen LogP) is 1.27. The summed E-state index contributed by atoms with van der Waals surface area (Å²) in [4.78, 5) is 28.1. The van der Waals surface area contributed by atoms with Crippen LogP contribution in [0.4, 0.5) is 4.39 Å². The number of rotatable bonds is 5. The van der Waals surface area contributed by atoms with Crippen molar-refractivity contribution in [1.29, 1.82) is 0 Å². The average molecular weight is 319 g/mol. The van der Waals surface area contributed by atoms with Gasteiger partial charge in [0.15, 0.2) is 0 Å². The maximum absolute atomic E-state index is 12.9. The number of hydrogen-bond acceptors (Lipinski definition) is 3. The van der Waals surface area contributed by atoms with Gasteiger partial charge in [-0.3, -0.25) is 14.5 Å². The lowest BCUT2D eigenvalue weighted by atomic mass is 10.1. The van der Waals surface area contributed by atoms with E-state index in [0.29, 0.717) is 38.3 Å².